The van der Waals surface area contributed by atoms with Crippen molar-refractivity contribution in [1.29, 1.82) is 0 Å². The normalized spacial score (nSPS) is 18.3. The Morgan fingerprint density at radius 1 is 0.860 bits per heavy atom. The van der Waals surface area contributed by atoms with Crippen LogP contribution in [-0.4, -0.2) is 54.4 Å². The lowest BCUT2D eigenvalue weighted by Gasteiger charge is -2.27. The molecule has 2 aromatic rings. The van der Waals surface area contributed by atoms with Crippen molar-refractivity contribution >= 4 is 29.7 Å². The van der Waals surface area contributed by atoms with Gasteiger partial charge in [0.15, 0.2) is 0 Å². The zero-order chi connectivity index (χ0) is 30.8. The Morgan fingerprint density at radius 2 is 1.53 bits per heavy atom. The average Bonchev–Trinajstić information content (AvgIpc) is 3.82. The lowest BCUT2D eigenvalue weighted by Crippen LogP contribution is -2.57. The van der Waals surface area contributed by atoms with Crippen molar-refractivity contribution in [2.45, 2.75) is 69.7 Å². The molecular weight excluding hydrogens is 557 g/mol. The van der Waals surface area contributed by atoms with Crippen molar-refractivity contribution < 1.29 is 33.1 Å². The van der Waals surface area contributed by atoms with E-state index in [0.717, 1.165) is 24.8 Å². The van der Waals surface area contributed by atoms with Crippen LogP contribution in [-0.2, 0) is 36.9 Å². The van der Waals surface area contributed by atoms with Gasteiger partial charge in [0, 0.05) is 18.9 Å². The number of nitrogens with one attached hydrogen (secondary N) is 4. The van der Waals surface area contributed by atoms with Crippen molar-refractivity contribution in [3.8, 4) is 0 Å². The molecule has 2 aromatic carbocycles. The van der Waals surface area contributed by atoms with E-state index in [1.54, 1.807) is 24.3 Å². The van der Waals surface area contributed by atoms with Crippen molar-refractivity contribution in [3.05, 3.63) is 71.5 Å². The van der Waals surface area contributed by atoms with Gasteiger partial charge in [-0.3, -0.25) is 19.2 Å². The van der Waals surface area contributed by atoms with E-state index in [4.69, 9.17) is 10.5 Å². The molecule has 4 atom stereocenters. The minimum atomic E-state index is -1.15. The number of rotatable bonds is 14. The van der Waals surface area contributed by atoms with Crippen LogP contribution in [0.25, 0.3) is 0 Å². The maximum Gasteiger partial charge on any atom is 0.408 e. The summed E-state index contributed by atoms with van der Waals surface area (Å²) in [5.74, 6) is -2.92. The van der Waals surface area contributed by atoms with E-state index < -0.39 is 53.7 Å². The number of hydrogen-bond acceptors (Lipinski definition) is 6. The third-order valence-electron chi connectivity index (χ3n) is 7.65. The van der Waals surface area contributed by atoms with Gasteiger partial charge in [0.05, 0.1) is 0 Å². The molecule has 1 saturated carbocycles. The monoisotopic (exact) mass is 595 g/mol. The summed E-state index contributed by atoms with van der Waals surface area (Å²) < 4.78 is 18.8. The number of carbonyl (C=O) groups is 5. The summed E-state index contributed by atoms with van der Waals surface area (Å²) in [6.07, 6.45) is 2.67. The Bertz CT molecular complexity index is 1290. The Hall–Kier alpha value is -4.48. The van der Waals surface area contributed by atoms with E-state index >= 15 is 0 Å². The molecule has 5 amide bonds. The molecule has 11 nitrogen and oxygen atoms in total. The molecule has 0 unspecified atom stereocenters. The highest BCUT2D eigenvalue weighted by atomic mass is 19.1. The summed E-state index contributed by atoms with van der Waals surface area (Å²) in [6, 6.07) is 11.3. The first-order chi connectivity index (χ1) is 20.7. The molecule has 2 aliphatic rings. The van der Waals surface area contributed by atoms with Crippen molar-refractivity contribution in [1.82, 2.24) is 21.3 Å². The van der Waals surface area contributed by atoms with Crippen LogP contribution in [0.1, 0.15) is 49.7 Å². The average molecular weight is 596 g/mol. The van der Waals surface area contributed by atoms with E-state index in [0.29, 0.717) is 24.9 Å². The van der Waals surface area contributed by atoms with E-state index in [1.807, 2.05) is 6.07 Å². The lowest BCUT2D eigenvalue weighted by atomic mass is 9.91. The van der Waals surface area contributed by atoms with Gasteiger partial charge in [-0.25, -0.2) is 9.18 Å². The molecule has 1 heterocycles. The lowest BCUT2D eigenvalue weighted by molar-refractivity contribution is -0.133. The number of alkyl carbamates (subject to hydrolysis) is 1. The van der Waals surface area contributed by atoms with Crippen LogP contribution in [0.15, 0.2) is 54.6 Å². The van der Waals surface area contributed by atoms with Crippen LogP contribution in [0.5, 0.6) is 0 Å². The smallest absolute Gasteiger partial charge is 0.408 e. The molecule has 12 heteroatoms. The molecule has 0 radical (unpaired) electrons. The second kappa shape index (κ2) is 15.1. The fourth-order valence-electron chi connectivity index (χ4n) is 5.03. The SMILES string of the molecule is NC(=O)[C@H](C[C@@H]1CCCNC1=O)NC(=O)[C@H](CC1CC1)NC(=O)[C@H](Cc1ccc(F)cc1)NC(=O)OCc1ccccc1. The maximum absolute atomic E-state index is 13.5. The first-order valence-corrected chi connectivity index (χ1v) is 14.6. The van der Waals surface area contributed by atoms with E-state index in [9.17, 15) is 28.4 Å². The minimum absolute atomic E-state index is 0.00498. The first kappa shape index (κ1) is 31.5. The largest absolute Gasteiger partial charge is 0.445 e. The number of primary amides is 1. The molecule has 230 valence electrons. The zero-order valence-electron chi connectivity index (χ0n) is 23.9. The summed E-state index contributed by atoms with van der Waals surface area (Å²) >= 11 is 0. The van der Waals surface area contributed by atoms with Crippen LogP contribution in [0.2, 0.25) is 0 Å². The summed E-state index contributed by atoms with van der Waals surface area (Å²) in [7, 11) is 0. The van der Waals surface area contributed by atoms with E-state index in [-0.39, 0.29) is 31.3 Å². The van der Waals surface area contributed by atoms with Gasteiger partial charge in [0.25, 0.3) is 0 Å². The molecule has 2 fully saturated rings. The van der Waals surface area contributed by atoms with E-state index in [1.165, 1.54) is 24.3 Å². The highest BCUT2D eigenvalue weighted by molar-refractivity contribution is 5.94. The van der Waals surface area contributed by atoms with Gasteiger partial charge in [-0.2, -0.15) is 0 Å². The van der Waals surface area contributed by atoms with E-state index in [2.05, 4.69) is 21.3 Å². The van der Waals surface area contributed by atoms with Gasteiger partial charge < -0.3 is 31.7 Å². The van der Waals surface area contributed by atoms with Gasteiger partial charge in [0.1, 0.15) is 30.5 Å². The molecule has 0 aromatic heterocycles. The number of benzene rings is 2. The second-order valence-electron chi connectivity index (χ2n) is 11.2. The zero-order valence-corrected chi connectivity index (χ0v) is 23.9. The number of hydrogen-bond donors (Lipinski definition) is 5. The molecule has 0 bridgehead atoms. The number of carbonyl (C=O) groups excluding carboxylic acids is 5. The fourth-order valence-corrected chi connectivity index (χ4v) is 5.03. The summed E-state index contributed by atoms with van der Waals surface area (Å²) in [5.41, 5.74) is 6.91. The first-order valence-electron chi connectivity index (χ1n) is 14.6. The molecule has 1 aliphatic heterocycles. The predicted octanol–water partition coefficient (Wildman–Crippen LogP) is 1.83. The standard InChI is InChI=1S/C31H38FN5O6/c32-23-12-10-20(11-13-23)16-26(37-31(42)43-18-21-5-2-1-3-6-21)30(41)36-25(15-19-8-9-19)29(40)35-24(27(33)38)17-22-7-4-14-34-28(22)39/h1-3,5-6,10-13,19,22,24-26H,4,7-9,14-18H2,(H2,33,38)(H,34,39)(H,35,40)(H,36,41)(H,37,42)/t22-,24-,25-,26-/m0/s1. The topological polar surface area (TPSA) is 169 Å². The van der Waals surface area contributed by atoms with Crippen molar-refractivity contribution in [3.63, 3.8) is 0 Å². The number of nitrogens with two attached hydrogens (primary N) is 1. The van der Waals surface area contributed by atoms with Crippen LogP contribution in [0.3, 0.4) is 0 Å². The summed E-state index contributed by atoms with van der Waals surface area (Å²) in [4.78, 5) is 64.1. The van der Waals surface area contributed by atoms with Gasteiger partial charge in [0.2, 0.25) is 23.6 Å². The summed E-state index contributed by atoms with van der Waals surface area (Å²) in [5, 5.41) is 10.7. The predicted molar refractivity (Wildman–Crippen MR) is 154 cm³/mol. The van der Waals surface area contributed by atoms with Crippen LogP contribution >= 0.6 is 0 Å². The molecule has 4 rings (SSSR count). The van der Waals surface area contributed by atoms with Crippen molar-refractivity contribution in [2.24, 2.45) is 17.6 Å². The van der Waals surface area contributed by atoms with Crippen LogP contribution in [0, 0.1) is 17.7 Å². The van der Waals surface area contributed by atoms with Crippen LogP contribution in [0.4, 0.5) is 9.18 Å². The minimum Gasteiger partial charge on any atom is -0.445 e. The maximum atomic E-state index is 13.5. The molecule has 6 N–H and O–H groups in total. The molecular formula is C31H38FN5O6. The highest BCUT2D eigenvalue weighted by Crippen LogP contribution is 2.33. The molecule has 43 heavy (non-hydrogen) atoms. The quantitative estimate of drug-likeness (QED) is 0.223. The number of piperidine rings is 1. The Labute approximate surface area is 249 Å². The highest BCUT2D eigenvalue weighted by Gasteiger charge is 2.35. The van der Waals surface area contributed by atoms with Gasteiger partial charge in [-0.15, -0.1) is 0 Å². The fraction of sp³-hybridized carbons (Fsp3) is 0.452. The number of amides is 5. The van der Waals surface area contributed by atoms with Gasteiger partial charge >= 0.3 is 6.09 Å². The summed E-state index contributed by atoms with van der Waals surface area (Å²) in [6.45, 7) is 0.545. The number of halogens is 1. The molecule has 0 spiro atoms. The Balaban J connectivity index is 1.44. The Morgan fingerprint density at radius 3 is 2.19 bits per heavy atom. The Kier molecular flexibility index (Phi) is 11.1. The molecule has 1 saturated heterocycles. The second-order valence-corrected chi connectivity index (χ2v) is 11.2. The molecule has 1 aliphatic carbocycles. The van der Waals surface area contributed by atoms with Gasteiger partial charge in [-0.1, -0.05) is 55.3 Å². The number of ether oxygens (including phenoxy) is 1. The van der Waals surface area contributed by atoms with Crippen LogP contribution < -0.4 is 27.0 Å². The third kappa shape index (κ3) is 10.1. The third-order valence-corrected chi connectivity index (χ3v) is 7.65. The van der Waals surface area contributed by atoms with Crippen molar-refractivity contribution in [2.75, 3.05) is 6.54 Å². The van der Waals surface area contributed by atoms with Gasteiger partial charge in [-0.05, 0) is 54.9 Å².